The number of thioether (sulfide) groups is 1. The molecule has 1 aliphatic heterocycles. The van der Waals surface area contributed by atoms with Gasteiger partial charge in [-0.3, -0.25) is 0 Å². The first-order chi connectivity index (χ1) is 8.85. The molecule has 2 rings (SSSR count). The quantitative estimate of drug-likeness (QED) is 0.590. The van der Waals surface area contributed by atoms with E-state index in [1.54, 1.807) is 0 Å². The van der Waals surface area contributed by atoms with Gasteiger partial charge in [0.1, 0.15) is 0 Å². The highest BCUT2D eigenvalue weighted by Crippen LogP contribution is 2.41. The number of hydrogen-bond acceptors (Lipinski definition) is 3. The van der Waals surface area contributed by atoms with Crippen molar-refractivity contribution in [3.63, 3.8) is 0 Å². The van der Waals surface area contributed by atoms with Gasteiger partial charge in [-0.05, 0) is 25.7 Å². The first-order valence-corrected chi connectivity index (χ1v) is 8.40. The van der Waals surface area contributed by atoms with Crippen LogP contribution in [-0.4, -0.2) is 36.3 Å². The Morgan fingerprint density at radius 3 is 2.89 bits per heavy atom. The molecule has 0 aromatic carbocycles. The largest absolute Gasteiger partial charge is 0.370 e. The van der Waals surface area contributed by atoms with E-state index in [0.29, 0.717) is 6.10 Å². The van der Waals surface area contributed by atoms with E-state index in [0.717, 1.165) is 24.6 Å². The van der Waals surface area contributed by atoms with Gasteiger partial charge in [-0.15, -0.1) is 18.2 Å². The lowest BCUT2D eigenvalue weighted by molar-refractivity contribution is -0.0621. The lowest BCUT2D eigenvalue weighted by atomic mass is 9.83. The van der Waals surface area contributed by atoms with E-state index < -0.39 is 0 Å². The van der Waals surface area contributed by atoms with Crippen molar-refractivity contribution < 1.29 is 4.74 Å². The molecule has 1 saturated carbocycles. The molecule has 0 amide bonds. The molecule has 0 aromatic heterocycles. The molecule has 2 fully saturated rings. The molecule has 2 aliphatic rings. The van der Waals surface area contributed by atoms with Gasteiger partial charge >= 0.3 is 0 Å². The molecule has 2 nitrogen and oxygen atoms in total. The molecule has 1 heterocycles. The number of hydrogen-bond donors (Lipinski definition) is 1. The highest BCUT2D eigenvalue weighted by atomic mass is 32.2. The minimum Gasteiger partial charge on any atom is -0.370 e. The Morgan fingerprint density at radius 2 is 2.11 bits per heavy atom. The fourth-order valence-electron chi connectivity index (χ4n) is 3.14. The lowest BCUT2D eigenvalue weighted by Gasteiger charge is -2.33. The topological polar surface area (TPSA) is 21.3 Å². The van der Waals surface area contributed by atoms with Crippen LogP contribution in [0.1, 0.15) is 44.9 Å². The molecule has 1 N–H and O–H groups in total. The van der Waals surface area contributed by atoms with Crippen LogP contribution in [0.25, 0.3) is 0 Å². The monoisotopic (exact) mass is 267 g/mol. The van der Waals surface area contributed by atoms with Crippen LogP contribution in [0, 0.1) is 12.3 Å². The number of nitrogens with one attached hydrogen (secondary N) is 1. The Labute approximate surface area is 116 Å². The second-order valence-corrected chi connectivity index (χ2v) is 6.59. The van der Waals surface area contributed by atoms with Gasteiger partial charge in [0.25, 0.3) is 0 Å². The molecule has 1 unspecified atom stereocenters. The maximum Gasteiger partial charge on any atom is 0.0708 e. The first-order valence-electron chi connectivity index (χ1n) is 7.24. The molecular formula is C15H25NOS. The zero-order chi connectivity index (χ0) is 12.7. The second-order valence-electron chi connectivity index (χ2n) is 5.48. The Bertz CT molecular complexity index is 281. The van der Waals surface area contributed by atoms with Gasteiger partial charge in [-0.1, -0.05) is 25.2 Å². The summed E-state index contributed by atoms with van der Waals surface area (Å²) >= 11 is 1.82. The molecule has 102 valence electrons. The summed E-state index contributed by atoms with van der Waals surface area (Å²) in [6, 6.07) is 0. The summed E-state index contributed by atoms with van der Waals surface area (Å²) in [4.78, 5) is 0. The van der Waals surface area contributed by atoms with Crippen molar-refractivity contribution in [2.45, 2.75) is 56.7 Å². The molecule has 0 bridgehead atoms. The normalized spacial score (nSPS) is 26.3. The van der Waals surface area contributed by atoms with Gasteiger partial charge in [-0.2, -0.15) is 0 Å². The van der Waals surface area contributed by atoms with Crippen LogP contribution in [0.2, 0.25) is 0 Å². The van der Waals surface area contributed by atoms with Crippen molar-refractivity contribution in [2.24, 2.45) is 0 Å². The standard InChI is InChI=1S/C15H25NOS/c1-2-11-18-12-10-16-13-14-6-9-15(17-14)7-4-3-5-8-15/h1,14,16H,3-13H2. The van der Waals surface area contributed by atoms with Gasteiger partial charge in [0, 0.05) is 18.8 Å². The predicted octanol–water partition coefficient (Wildman–Crippen LogP) is 2.82. The molecular weight excluding hydrogens is 242 g/mol. The SMILES string of the molecule is C#CCSCCNCC1CCC2(CCCCC2)O1. The van der Waals surface area contributed by atoms with E-state index >= 15 is 0 Å². The zero-order valence-corrected chi connectivity index (χ0v) is 12.1. The van der Waals surface area contributed by atoms with E-state index in [-0.39, 0.29) is 5.60 Å². The average Bonchev–Trinajstić information content (AvgIpc) is 2.78. The van der Waals surface area contributed by atoms with E-state index in [4.69, 9.17) is 11.2 Å². The van der Waals surface area contributed by atoms with Crippen molar-refractivity contribution >= 4 is 11.8 Å². The van der Waals surface area contributed by atoms with Crippen LogP contribution in [-0.2, 0) is 4.74 Å². The fraction of sp³-hybridized carbons (Fsp3) is 0.867. The van der Waals surface area contributed by atoms with E-state index in [1.165, 1.54) is 44.9 Å². The van der Waals surface area contributed by atoms with Gasteiger partial charge in [0.15, 0.2) is 0 Å². The van der Waals surface area contributed by atoms with Crippen LogP contribution in [0.3, 0.4) is 0 Å². The third-order valence-electron chi connectivity index (χ3n) is 4.08. The summed E-state index contributed by atoms with van der Waals surface area (Å²) < 4.78 is 6.32. The predicted molar refractivity (Wildman–Crippen MR) is 79.0 cm³/mol. The highest BCUT2D eigenvalue weighted by molar-refractivity contribution is 7.99. The summed E-state index contributed by atoms with van der Waals surface area (Å²) in [6.07, 6.45) is 14.9. The molecule has 1 spiro atoms. The van der Waals surface area contributed by atoms with Crippen LogP contribution < -0.4 is 5.32 Å². The third kappa shape index (κ3) is 4.19. The van der Waals surface area contributed by atoms with E-state index in [9.17, 15) is 0 Å². The Kier molecular flexibility index (Phi) is 5.88. The minimum absolute atomic E-state index is 0.267. The third-order valence-corrected chi connectivity index (χ3v) is 4.95. The van der Waals surface area contributed by atoms with Gasteiger partial charge in [0.05, 0.1) is 17.5 Å². The minimum atomic E-state index is 0.267. The molecule has 1 atom stereocenters. The summed E-state index contributed by atoms with van der Waals surface area (Å²) in [6.45, 7) is 2.05. The molecule has 18 heavy (non-hydrogen) atoms. The van der Waals surface area contributed by atoms with Crippen LogP contribution in [0.15, 0.2) is 0 Å². The number of rotatable bonds is 6. The van der Waals surface area contributed by atoms with Crippen LogP contribution >= 0.6 is 11.8 Å². The van der Waals surface area contributed by atoms with Crippen molar-refractivity contribution in [1.29, 1.82) is 0 Å². The van der Waals surface area contributed by atoms with Crippen LogP contribution in [0.4, 0.5) is 0 Å². The van der Waals surface area contributed by atoms with E-state index in [1.807, 2.05) is 11.8 Å². The molecule has 0 aromatic rings. The van der Waals surface area contributed by atoms with Crippen molar-refractivity contribution in [1.82, 2.24) is 5.32 Å². The lowest BCUT2D eigenvalue weighted by Crippen LogP contribution is -2.35. The van der Waals surface area contributed by atoms with Gasteiger partial charge < -0.3 is 10.1 Å². The first kappa shape index (κ1) is 14.2. The summed E-state index contributed by atoms with van der Waals surface area (Å²) in [5.74, 6) is 4.57. The molecule has 3 heteroatoms. The Hall–Kier alpha value is -0.170. The maximum atomic E-state index is 6.32. The summed E-state index contributed by atoms with van der Waals surface area (Å²) in [7, 11) is 0. The van der Waals surface area contributed by atoms with Crippen LogP contribution in [0.5, 0.6) is 0 Å². The van der Waals surface area contributed by atoms with E-state index in [2.05, 4.69) is 11.2 Å². The van der Waals surface area contributed by atoms with Crippen molar-refractivity contribution in [3.05, 3.63) is 0 Å². The summed E-state index contributed by atoms with van der Waals surface area (Å²) in [5, 5.41) is 3.49. The zero-order valence-electron chi connectivity index (χ0n) is 11.2. The molecule has 0 radical (unpaired) electrons. The number of terminal acetylenes is 1. The van der Waals surface area contributed by atoms with Crippen molar-refractivity contribution in [2.75, 3.05) is 24.6 Å². The Balaban J connectivity index is 1.57. The second kappa shape index (κ2) is 7.43. The van der Waals surface area contributed by atoms with Gasteiger partial charge in [0.2, 0.25) is 0 Å². The molecule has 1 aliphatic carbocycles. The average molecular weight is 267 g/mol. The van der Waals surface area contributed by atoms with Crippen molar-refractivity contribution in [3.8, 4) is 12.3 Å². The smallest absolute Gasteiger partial charge is 0.0708 e. The maximum absolute atomic E-state index is 6.32. The fourth-order valence-corrected chi connectivity index (χ4v) is 3.69. The summed E-state index contributed by atoms with van der Waals surface area (Å²) in [5.41, 5.74) is 0.267. The van der Waals surface area contributed by atoms with Gasteiger partial charge in [-0.25, -0.2) is 0 Å². The number of ether oxygens (including phenoxy) is 1. The Morgan fingerprint density at radius 1 is 1.28 bits per heavy atom. The molecule has 1 saturated heterocycles. The highest BCUT2D eigenvalue weighted by Gasteiger charge is 2.40.